The molecule has 0 bridgehead atoms. The molecule has 0 saturated carbocycles. The van der Waals surface area contributed by atoms with E-state index in [0.717, 1.165) is 0 Å². The van der Waals surface area contributed by atoms with Crippen LogP contribution in [-0.2, 0) is 15.8 Å². The number of alkyl halides is 4. The van der Waals surface area contributed by atoms with Crippen molar-refractivity contribution in [3.63, 3.8) is 0 Å². The third-order valence-corrected chi connectivity index (χ3v) is 5.30. The number of aromatic nitrogens is 2. The molecule has 184 valence electrons. The zero-order chi connectivity index (χ0) is 24.7. The molecule has 13 heteroatoms. The summed E-state index contributed by atoms with van der Waals surface area (Å²) in [6, 6.07) is 5.97. The van der Waals surface area contributed by atoms with Crippen molar-refractivity contribution < 1.29 is 27.9 Å². The highest BCUT2D eigenvalue weighted by Crippen LogP contribution is 2.36. The zero-order valence-corrected chi connectivity index (χ0v) is 18.8. The normalized spacial score (nSPS) is 16.1. The van der Waals surface area contributed by atoms with Gasteiger partial charge < -0.3 is 26.0 Å². The number of piperidine rings is 1. The number of anilines is 4. The van der Waals surface area contributed by atoms with Gasteiger partial charge in [0.05, 0.1) is 11.4 Å². The predicted octanol–water partition coefficient (Wildman–Crippen LogP) is 3.20. The minimum absolute atomic E-state index is 0.0441. The largest absolute Gasteiger partial charge is 0.421 e. The maximum atomic E-state index is 13.6. The Morgan fingerprint density at radius 2 is 1.97 bits per heavy atom. The first-order chi connectivity index (χ1) is 16.2. The number of nitrogens with zero attached hydrogens (tertiary/aromatic N) is 3. The van der Waals surface area contributed by atoms with E-state index in [0.29, 0.717) is 25.6 Å². The standard InChI is InChI=1S/C21H24ClF3N6O3/c22-8-7-17(33)28-15-5-1-2-6-16(15)29-19-14(21(23,24)25)10-26-20(30-19)27-13-4-3-9-31(11-13)18(34)12-32/h1-2,5-6,10,13,32H,3-4,7-9,11-12H2,(H,28,33)(H2,26,27,29,30). The molecule has 0 radical (unpaired) electrons. The molecule has 1 aromatic carbocycles. The Morgan fingerprint density at radius 1 is 1.24 bits per heavy atom. The molecule has 1 saturated heterocycles. The number of carbonyl (C=O) groups is 2. The molecule has 9 nitrogen and oxygen atoms in total. The Kier molecular flexibility index (Phi) is 8.51. The Bertz CT molecular complexity index is 1020. The summed E-state index contributed by atoms with van der Waals surface area (Å²) in [5.41, 5.74) is -0.608. The minimum Gasteiger partial charge on any atom is -0.387 e. The third-order valence-electron chi connectivity index (χ3n) is 5.11. The van der Waals surface area contributed by atoms with Crippen LogP contribution in [0.15, 0.2) is 30.5 Å². The second-order valence-electron chi connectivity index (χ2n) is 7.59. The third kappa shape index (κ3) is 6.70. The molecular formula is C21H24ClF3N6O3. The molecule has 4 N–H and O–H groups in total. The van der Waals surface area contributed by atoms with Gasteiger partial charge in [0.15, 0.2) is 0 Å². The van der Waals surface area contributed by atoms with Gasteiger partial charge in [-0.05, 0) is 25.0 Å². The van der Waals surface area contributed by atoms with Gasteiger partial charge in [-0.15, -0.1) is 11.6 Å². The number of para-hydroxylation sites is 2. The number of amides is 2. The lowest BCUT2D eigenvalue weighted by atomic mass is 10.1. The lowest BCUT2D eigenvalue weighted by molar-refractivity contribution is -0.137. The van der Waals surface area contributed by atoms with Crippen LogP contribution in [0.5, 0.6) is 0 Å². The average Bonchev–Trinajstić information content (AvgIpc) is 2.79. The lowest BCUT2D eigenvalue weighted by Gasteiger charge is -2.32. The van der Waals surface area contributed by atoms with Crippen LogP contribution in [0.2, 0.25) is 0 Å². The molecular weight excluding hydrogens is 477 g/mol. The maximum Gasteiger partial charge on any atom is 0.421 e. The molecule has 1 aromatic heterocycles. The van der Waals surface area contributed by atoms with E-state index in [1.165, 1.54) is 17.0 Å². The van der Waals surface area contributed by atoms with Gasteiger partial charge in [0.2, 0.25) is 17.8 Å². The summed E-state index contributed by atoms with van der Waals surface area (Å²) in [7, 11) is 0. The van der Waals surface area contributed by atoms with Gasteiger partial charge in [0, 0.05) is 37.6 Å². The van der Waals surface area contributed by atoms with Gasteiger partial charge in [0.25, 0.3) is 0 Å². The van der Waals surface area contributed by atoms with Crippen LogP contribution >= 0.6 is 11.6 Å². The second kappa shape index (κ2) is 11.3. The predicted molar refractivity (Wildman–Crippen MR) is 121 cm³/mol. The molecule has 1 aliphatic rings. The molecule has 1 atom stereocenters. The molecule has 1 unspecified atom stereocenters. The lowest BCUT2D eigenvalue weighted by Crippen LogP contribution is -2.46. The first kappa shape index (κ1) is 25.5. The fourth-order valence-electron chi connectivity index (χ4n) is 3.49. The molecule has 2 heterocycles. The highest BCUT2D eigenvalue weighted by Gasteiger charge is 2.36. The van der Waals surface area contributed by atoms with Crippen molar-refractivity contribution >= 4 is 46.6 Å². The molecule has 0 spiro atoms. The first-order valence-corrected chi connectivity index (χ1v) is 11.1. The van der Waals surface area contributed by atoms with Crippen molar-refractivity contribution in [3.8, 4) is 0 Å². The van der Waals surface area contributed by atoms with E-state index in [1.54, 1.807) is 12.1 Å². The number of likely N-dealkylation sites (tertiary alicyclic amines) is 1. The highest BCUT2D eigenvalue weighted by molar-refractivity contribution is 6.19. The van der Waals surface area contributed by atoms with Crippen molar-refractivity contribution in [2.24, 2.45) is 0 Å². The van der Waals surface area contributed by atoms with Crippen molar-refractivity contribution in [1.29, 1.82) is 0 Å². The quantitative estimate of drug-likeness (QED) is 0.411. The molecule has 3 rings (SSSR count). The Labute approximate surface area is 198 Å². The number of aliphatic hydroxyl groups is 1. The number of benzene rings is 1. The van der Waals surface area contributed by atoms with Crippen LogP contribution in [0.25, 0.3) is 0 Å². The van der Waals surface area contributed by atoms with Gasteiger partial charge in [-0.3, -0.25) is 9.59 Å². The molecule has 34 heavy (non-hydrogen) atoms. The van der Waals surface area contributed by atoms with Crippen molar-refractivity contribution in [3.05, 3.63) is 36.0 Å². The van der Waals surface area contributed by atoms with Gasteiger partial charge in [0.1, 0.15) is 18.0 Å². The average molecular weight is 501 g/mol. The minimum atomic E-state index is -4.73. The summed E-state index contributed by atoms with van der Waals surface area (Å²) >= 11 is 5.58. The summed E-state index contributed by atoms with van der Waals surface area (Å²) < 4.78 is 40.9. The zero-order valence-electron chi connectivity index (χ0n) is 18.0. The van der Waals surface area contributed by atoms with Crippen LogP contribution in [0, 0.1) is 0 Å². The summed E-state index contributed by atoms with van der Waals surface area (Å²) in [5, 5.41) is 17.3. The molecule has 0 aliphatic carbocycles. The monoisotopic (exact) mass is 500 g/mol. The van der Waals surface area contributed by atoms with Gasteiger partial charge in [-0.25, -0.2) is 4.98 Å². The van der Waals surface area contributed by atoms with E-state index >= 15 is 0 Å². The van der Waals surface area contributed by atoms with E-state index in [9.17, 15) is 22.8 Å². The summed E-state index contributed by atoms with van der Waals surface area (Å²) in [5.74, 6) is -1.26. The van der Waals surface area contributed by atoms with Crippen molar-refractivity contribution in [1.82, 2.24) is 14.9 Å². The molecule has 2 amide bonds. The van der Waals surface area contributed by atoms with E-state index < -0.39 is 30.1 Å². The fraction of sp³-hybridized carbons (Fsp3) is 0.429. The van der Waals surface area contributed by atoms with Crippen LogP contribution in [0.3, 0.4) is 0 Å². The number of aliphatic hydroxyl groups excluding tert-OH is 1. The van der Waals surface area contributed by atoms with E-state index in [-0.39, 0.29) is 48.1 Å². The van der Waals surface area contributed by atoms with Gasteiger partial charge >= 0.3 is 6.18 Å². The van der Waals surface area contributed by atoms with Crippen molar-refractivity contribution in [2.45, 2.75) is 31.5 Å². The number of hydrogen-bond acceptors (Lipinski definition) is 7. The van der Waals surface area contributed by atoms with Gasteiger partial charge in [-0.2, -0.15) is 18.2 Å². The molecule has 1 aliphatic heterocycles. The second-order valence-corrected chi connectivity index (χ2v) is 7.97. The van der Waals surface area contributed by atoms with E-state index in [2.05, 4.69) is 25.9 Å². The first-order valence-electron chi connectivity index (χ1n) is 10.5. The van der Waals surface area contributed by atoms with Crippen LogP contribution in [0.4, 0.5) is 36.3 Å². The maximum absolute atomic E-state index is 13.6. The van der Waals surface area contributed by atoms with Gasteiger partial charge in [-0.1, -0.05) is 12.1 Å². The Hall–Kier alpha value is -3.12. The molecule has 1 fully saturated rings. The Morgan fingerprint density at radius 3 is 2.65 bits per heavy atom. The van der Waals surface area contributed by atoms with Crippen LogP contribution in [0.1, 0.15) is 24.8 Å². The highest BCUT2D eigenvalue weighted by atomic mass is 35.5. The van der Waals surface area contributed by atoms with Crippen LogP contribution < -0.4 is 16.0 Å². The Balaban J connectivity index is 1.85. The number of nitrogens with one attached hydrogen (secondary N) is 3. The summed E-state index contributed by atoms with van der Waals surface area (Å²) in [4.78, 5) is 33.0. The smallest absolute Gasteiger partial charge is 0.387 e. The number of halogens is 4. The molecule has 2 aromatic rings. The van der Waals surface area contributed by atoms with E-state index in [4.69, 9.17) is 16.7 Å². The number of carbonyl (C=O) groups excluding carboxylic acids is 2. The summed E-state index contributed by atoms with van der Waals surface area (Å²) in [6.07, 6.45) is -2.70. The van der Waals surface area contributed by atoms with Crippen LogP contribution in [-0.4, -0.2) is 63.4 Å². The fourth-order valence-corrected chi connectivity index (χ4v) is 3.66. The SMILES string of the molecule is O=C(CCCl)Nc1ccccc1Nc1nc(NC2CCCN(C(=O)CO)C2)ncc1C(F)(F)F. The van der Waals surface area contributed by atoms with Crippen molar-refractivity contribution in [2.75, 3.05) is 41.5 Å². The number of rotatable bonds is 8. The summed E-state index contributed by atoms with van der Waals surface area (Å²) in [6.45, 7) is 0.144. The van der Waals surface area contributed by atoms with E-state index in [1.807, 2.05) is 0 Å². The topological polar surface area (TPSA) is 119 Å². The number of hydrogen-bond donors (Lipinski definition) is 4.